The fourth-order valence-corrected chi connectivity index (χ4v) is 3.90. The Labute approximate surface area is 171 Å². The number of pyridine rings is 2. The second kappa shape index (κ2) is 6.38. The van der Waals surface area contributed by atoms with Gasteiger partial charge in [0.05, 0.1) is 29.1 Å². The first-order valence-corrected chi connectivity index (χ1v) is 9.61. The standard InChI is InChI=1S/C23H17N7/c1-30-13-16(10-26-30)14-4-5-20-18(7-14)23(29-28-20)21-8-17-19(11-25-12-22(17)27-21)15-3-2-6-24-9-15/h2-13,27H,1H3,(H,28,29). The largest absolute Gasteiger partial charge is 0.352 e. The topological polar surface area (TPSA) is 88.1 Å². The van der Waals surface area contributed by atoms with Gasteiger partial charge in [0, 0.05) is 59.3 Å². The van der Waals surface area contributed by atoms with Crippen LogP contribution in [0.4, 0.5) is 0 Å². The van der Waals surface area contributed by atoms with Crippen LogP contribution in [0.25, 0.3) is 55.4 Å². The zero-order valence-corrected chi connectivity index (χ0v) is 16.2. The summed E-state index contributed by atoms with van der Waals surface area (Å²) < 4.78 is 1.81. The summed E-state index contributed by atoms with van der Waals surface area (Å²) in [5, 5.41) is 14.2. The number of aryl methyl sites for hydroxylation is 1. The van der Waals surface area contributed by atoms with Crippen molar-refractivity contribution in [2.24, 2.45) is 7.05 Å². The molecule has 0 aliphatic carbocycles. The Morgan fingerprint density at radius 3 is 2.63 bits per heavy atom. The first-order valence-electron chi connectivity index (χ1n) is 9.61. The molecule has 7 nitrogen and oxygen atoms in total. The summed E-state index contributed by atoms with van der Waals surface area (Å²) in [5.41, 5.74) is 8.03. The molecule has 6 rings (SSSR count). The van der Waals surface area contributed by atoms with Gasteiger partial charge in [-0.25, -0.2) is 0 Å². The molecule has 30 heavy (non-hydrogen) atoms. The molecule has 2 N–H and O–H groups in total. The average Bonchev–Trinajstić information content (AvgIpc) is 3.50. The van der Waals surface area contributed by atoms with Gasteiger partial charge in [0.15, 0.2) is 0 Å². The number of fused-ring (bicyclic) bond motifs is 2. The zero-order valence-electron chi connectivity index (χ0n) is 16.2. The van der Waals surface area contributed by atoms with Crippen molar-refractivity contribution >= 4 is 21.8 Å². The summed E-state index contributed by atoms with van der Waals surface area (Å²) >= 11 is 0. The van der Waals surface area contributed by atoms with Gasteiger partial charge in [-0.2, -0.15) is 10.2 Å². The maximum Gasteiger partial charge on any atom is 0.116 e. The van der Waals surface area contributed by atoms with Gasteiger partial charge in [-0.3, -0.25) is 19.7 Å². The van der Waals surface area contributed by atoms with Crippen molar-refractivity contribution in [2.45, 2.75) is 0 Å². The molecule has 0 spiro atoms. The molecule has 5 aromatic heterocycles. The summed E-state index contributed by atoms with van der Waals surface area (Å²) in [5.74, 6) is 0. The number of benzene rings is 1. The number of aromatic amines is 2. The Kier molecular flexibility index (Phi) is 3.55. The van der Waals surface area contributed by atoms with E-state index in [4.69, 9.17) is 0 Å². The summed E-state index contributed by atoms with van der Waals surface area (Å²) in [4.78, 5) is 12.1. The smallest absolute Gasteiger partial charge is 0.116 e. The van der Waals surface area contributed by atoms with Crippen LogP contribution < -0.4 is 0 Å². The van der Waals surface area contributed by atoms with E-state index in [1.54, 1.807) is 10.9 Å². The SMILES string of the molecule is Cn1cc(-c2ccc3[nH]nc(-c4cc5c(-c6cccnc6)cncc5[nH]4)c3c2)cn1. The molecular formula is C23H17N7. The Morgan fingerprint density at radius 2 is 1.80 bits per heavy atom. The Morgan fingerprint density at radius 1 is 0.833 bits per heavy atom. The van der Waals surface area contributed by atoms with E-state index in [9.17, 15) is 0 Å². The van der Waals surface area contributed by atoms with Gasteiger partial charge in [-0.1, -0.05) is 12.1 Å². The number of nitrogens with zero attached hydrogens (tertiary/aromatic N) is 5. The highest BCUT2D eigenvalue weighted by atomic mass is 15.2. The van der Waals surface area contributed by atoms with Crippen molar-refractivity contribution in [2.75, 3.05) is 0 Å². The van der Waals surface area contributed by atoms with E-state index in [0.29, 0.717) is 0 Å². The van der Waals surface area contributed by atoms with E-state index >= 15 is 0 Å². The number of H-pyrrole nitrogens is 2. The highest BCUT2D eigenvalue weighted by Gasteiger charge is 2.15. The minimum Gasteiger partial charge on any atom is -0.352 e. The Balaban J connectivity index is 1.52. The van der Waals surface area contributed by atoms with Crippen molar-refractivity contribution in [1.29, 1.82) is 0 Å². The molecule has 0 saturated heterocycles. The molecule has 0 fully saturated rings. The Bertz CT molecular complexity index is 1510. The predicted molar refractivity (Wildman–Crippen MR) is 117 cm³/mol. The number of hydrogen-bond acceptors (Lipinski definition) is 4. The average molecular weight is 391 g/mol. The minimum absolute atomic E-state index is 0.879. The third kappa shape index (κ3) is 2.60. The van der Waals surface area contributed by atoms with Crippen molar-refractivity contribution < 1.29 is 0 Å². The van der Waals surface area contributed by atoms with Crippen LogP contribution in [0.3, 0.4) is 0 Å². The second-order valence-electron chi connectivity index (χ2n) is 7.31. The Hall–Kier alpha value is -4.26. The normalized spacial score (nSPS) is 11.5. The molecule has 5 heterocycles. The lowest BCUT2D eigenvalue weighted by molar-refractivity contribution is 0.768. The first kappa shape index (κ1) is 16.7. The quantitative estimate of drug-likeness (QED) is 0.463. The van der Waals surface area contributed by atoms with E-state index < -0.39 is 0 Å². The van der Waals surface area contributed by atoms with Gasteiger partial charge in [-0.05, 0) is 29.8 Å². The third-order valence-electron chi connectivity index (χ3n) is 5.37. The lowest BCUT2D eigenvalue weighted by Gasteiger charge is -2.01. The molecular weight excluding hydrogens is 374 g/mol. The van der Waals surface area contributed by atoms with E-state index in [0.717, 1.165) is 55.4 Å². The minimum atomic E-state index is 0.879. The number of aromatic nitrogens is 7. The van der Waals surface area contributed by atoms with Crippen LogP contribution in [0.5, 0.6) is 0 Å². The molecule has 7 heteroatoms. The van der Waals surface area contributed by atoms with Crippen molar-refractivity contribution in [3.8, 4) is 33.6 Å². The van der Waals surface area contributed by atoms with Crippen LogP contribution in [-0.4, -0.2) is 34.9 Å². The molecule has 1 aromatic carbocycles. The van der Waals surface area contributed by atoms with Crippen LogP contribution in [-0.2, 0) is 7.05 Å². The third-order valence-corrected chi connectivity index (χ3v) is 5.37. The highest BCUT2D eigenvalue weighted by molar-refractivity contribution is 6.01. The van der Waals surface area contributed by atoms with Crippen LogP contribution >= 0.6 is 0 Å². The van der Waals surface area contributed by atoms with Gasteiger partial charge in [0.2, 0.25) is 0 Å². The second-order valence-corrected chi connectivity index (χ2v) is 7.31. The lowest BCUT2D eigenvalue weighted by atomic mass is 10.0. The molecule has 0 saturated carbocycles. The summed E-state index contributed by atoms with van der Waals surface area (Å²) in [6.45, 7) is 0. The van der Waals surface area contributed by atoms with Crippen molar-refractivity contribution in [3.05, 3.63) is 73.6 Å². The number of hydrogen-bond donors (Lipinski definition) is 2. The van der Waals surface area contributed by atoms with Crippen LogP contribution in [0.1, 0.15) is 0 Å². The van der Waals surface area contributed by atoms with Crippen LogP contribution in [0.2, 0.25) is 0 Å². The van der Waals surface area contributed by atoms with Crippen molar-refractivity contribution in [1.82, 2.24) is 34.9 Å². The fraction of sp³-hybridized carbons (Fsp3) is 0.0435. The maximum atomic E-state index is 4.59. The van der Waals surface area contributed by atoms with E-state index in [1.807, 2.05) is 50.2 Å². The summed E-state index contributed by atoms with van der Waals surface area (Å²) in [7, 11) is 1.92. The van der Waals surface area contributed by atoms with Crippen LogP contribution in [0.15, 0.2) is 73.6 Å². The highest BCUT2D eigenvalue weighted by Crippen LogP contribution is 2.34. The first-order chi connectivity index (χ1) is 14.8. The predicted octanol–water partition coefficient (Wildman–Crippen LogP) is 4.57. The number of nitrogens with one attached hydrogen (secondary N) is 2. The van der Waals surface area contributed by atoms with Gasteiger partial charge in [-0.15, -0.1) is 0 Å². The fourth-order valence-electron chi connectivity index (χ4n) is 3.90. The van der Waals surface area contributed by atoms with E-state index in [1.165, 1.54) is 0 Å². The van der Waals surface area contributed by atoms with Crippen LogP contribution in [0, 0.1) is 0 Å². The molecule has 6 aromatic rings. The van der Waals surface area contributed by atoms with Crippen molar-refractivity contribution in [3.63, 3.8) is 0 Å². The molecule has 0 aliphatic heterocycles. The lowest BCUT2D eigenvalue weighted by Crippen LogP contribution is -1.84. The molecule has 144 valence electrons. The number of rotatable bonds is 3. The molecule has 0 unspecified atom stereocenters. The summed E-state index contributed by atoms with van der Waals surface area (Å²) in [6, 6.07) is 12.4. The van der Waals surface area contributed by atoms with Gasteiger partial charge < -0.3 is 4.98 Å². The monoisotopic (exact) mass is 391 g/mol. The zero-order chi connectivity index (χ0) is 20.1. The van der Waals surface area contributed by atoms with Gasteiger partial charge >= 0.3 is 0 Å². The van der Waals surface area contributed by atoms with E-state index in [2.05, 4.69) is 54.5 Å². The molecule has 0 aliphatic rings. The molecule has 0 amide bonds. The molecule has 0 radical (unpaired) electrons. The van der Waals surface area contributed by atoms with Gasteiger partial charge in [0.1, 0.15) is 5.69 Å². The van der Waals surface area contributed by atoms with Gasteiger partial charge in [0.25, 0.3) is 0 Å². The molecule has 0 bridgehead atoms. The molecule has 0 atom stereocenters. The van der Waals surface area contributed by atoms with E-state index in [-0.39, 0.29) is 0 Å². The maximum absolute atomic E-state index is 4.59. The summed E-state index contributed by atoms with van der Waals surface area (Å²) in [6.07, 6.45) is 11.2.